The van der Waals surface area contributed by atoms with Gasteiger partial charge >= 0.3 is 0 Å². The Morgan fingerprint density at radius 2 is 1.95 bits per heavy atom. The summed E-state index contributed by atoms with van der Waals surface area (Å²) in [4.78, 5) is 0. The lowest BCUT2D eigenvalue weighted by atomic mass is 9.90. The molecular weight excluding hydrogens is 258 g/mol. The van der Waals surface area contributed by atoms with Crippen molar-refractivity contribution in [3.05, 3.63) is 17.5 Å². The maximum Gasteiger partial charge on any atom is 0.0624 e. The summed E-state index contributed by atoms with van der Waals surface area (Å²) >= 11 is 0. The third-order valence-corrected chi connectivity index (χ3v) is 4.76. The second kappa shape index (κ2) is 6.95. The second-order valence-corrected chi connectivity index (χ2v) is 7.58. The minimum atomic E-state index is 0.230. The van der Waals surface area contributed by atoms with E-state index in [2.05, 4.69) is 50.7 Å². The highest BCUT2D eigenvalue weighted by molar-refractivity contribution is 5.12. The van der Waals surface area contributed by atoms with Gasteiger partial charge in [-0.1, -0.05) is 13.3 Å². The first kappa shape index (κ1) is 16.5. The predicted molar refractivity (Wildman–Crippen MR) is 89.6 cm³/mol. The molecule has 1 N–H and O–H groups in total. The Morgan fingerprint density at radius 3 is 2.57 bits per heavy atom. The van der Waals surface area contributed by atoms with Gasteiger partial charge in [0.25, 0.3) is 0 Å². The summed E-state index contributed by atoms with van der Waals surface area (Å²) in [5.41, 5.74) is 2.92. The lowest BCUT2D eigenvalue weighted by Gasteiger charge is -2.26. The molecular formula is C18H33N3. The molecule has 2 unspecified atom stereocenters. The molecule has 1 fully saturated rings. The summed E-state index contributed by atoms with van der Waals surface area (Å²) in [5.74, 6) is 1.65. The number of aryl methyl sites for hydroxylation is 2. The smallest absolute Gasteiger partial charge is 0.0624 e. The Bertz CT molecular complexity index is 442. The molecule has 2 atom stereocenters. The van der Waals surface area contributed by atoms with Gasteiger partial charge < -0.3 is 5.32 Å². The third-order valence-electron chi connectivity index (χ3n) is 4.76. The lowest BCUT2D eigenvalue weighted by Crippen LogP contribution is -2.40. The van der Waals surface area contributed by atoms with Gasteiger partial charge in [0.15, 0.2) is 0 Å². The van der Waals surface area contributed by atoms with E-state index in [1.165, 1.54) is 37.1 Å². The van der Waals surface area contributed by atoms with E-state index >= 15 is 0 Å². The molecule has 1 heterocycles. The van der Waals surface area contributed by atoms with Crippen LogP contribution in [0.1, 0.15) is 65.3 Å². The number of nitrogens with zero attached hydrogens (tertiary/aromatic N) is 2. The molecule has 1 saturated carbocycles. The highest BCUT2D eigenvalue weighted by atomic mass is 15.3. The number of aromatic nitrogens is 2. The zero-order valence-corrected chi connectivity index (χ0v) is 14.6. The van der Waals surface area contributed by atoms with E-state index in [1.807, 2.05) is 0 Å². The normalized spacial score (nSPS) is 22.9. The summed E-state index contributed by atoms with van der Waals surface area (Å²) in [6.07, 6.45) is 6.40. The van der Waals surface area contributed by atoms with E-state index in [9.17, 15) is 0 Å². The molecule has 21 heavy (non-hydrogen) atoms. The Morgan fingerprint density at radius 1 is 1.24 bits per heavy atom. The van der Waals surface area contributed by atoms with Gasteiger partial charge in [0.1, 0.15) is 0 Å². The zero-order chi connectivity index (χ0) is 15.5. The quantitative estimate of drug-likeness (QED) is 0.863. The van der Waals surface area contributed by atoms with Crippen LogP contribution in [-0.4, -0.2) is 21.9 Å². The first-order valence-electron chi connectivity index (χ1n) is 8.73. The largest absolute Gasteiger partial charge is 0.312 e. The molecule has 1 aromatic rings. The Balaban J connectivity index is 1.99. The highest BCUT2D eigenvalue weighted by Gasteiger charge is 2.29. The number of rotatable bonds is 6. The van der Waals surface area contributed by atoms with Crippen molar-refractivity contribution in [2.75, 3.05) is 6.54 Å². The molecule has 120 valence electrons. The van der Waals surface area contributed by atoms with E-state index in [0.29, 0.717) is 0 Å². The molecule has 0 spiro atoms. The van der Waals surface area contributed by atoms with Crippen molar-refractivity contribution in [1.82, 2.24) is 15.1 Å². The number of nitrogens with one attached hydrogen (secondary N) is 1. The van der Waals surface area contributed by atoms with Crippen molar-refractivity contribution >= 4 is 0 Å². The molecule has 0 bridgehead atoms. The number of hydrogen-bond acceptors (Lipinski definition) is 2. The molecule has 3 nitrogen and oxygen atoms in total. The molecule has 0 aromatic carbocycles. The van der Waals surface area contributed by atoms with Gasteiger partial charge in [-0.25, -0.2) is 0 Å². The van der Waals surface area contributed by atoms with Gasteiger partial charge in [0, 0.05) is 17.8 Å². The van der Waals surface area contributed by atoms with Gasteiger partial charge in [0.05, 0.1) is 5.69 Å². The van der Waals surface area contributed by atoms with Crippen LogP contribution in [0.3, 0.4) is 0 Å². The Hall–Kier alpha value is -0.830. The molecule has 1 aromatic heterocycles. The Labute approximate surface area is 130 Å². The summed E-state index contributed by atoms with van der Waals surface area (Å²) in [6, 6.07) is 2.33. The van der Waals surface area contributed by atoms with Gasteiger partial charge in [-0.05, 0) is 77.8 Å². The lowest BCUT2D eigenvalue weighted by molar-refractivity contribution is 0.313. The van der Waals surface area contributed by atoms with Crippen LogP contribution in [0.5, 0.6) is 0 Å². The van der Waals surface area contributed by atoms with Crippen LogP contribution < -0.4 is 5.32 Å². The zero-order valence-electron chi connectivity index (χ0n) is 14.6. The van der Waals surface area contributed by atoms with Crippen molar-refractivity contribution in [3.8, 4) is 0 Å². The van der Waals surface area contributed by atoms with Crippen molar-refractivity contribution in [2.45, 2.75) is 78.8 Å². The van der Waals surface area contributed by atoms with E-state index in [1.54, 1.807) is 0 Å². The maximum absolute atomic E-state index is 4.70. The van der Waals surface area contributed by atoms with Crippen LogP contribution >= 0.6 is 0 Å². The third kappa shape index (κ3) is 4.57. The molecule has 3 heteroatoms. The monoisotopic (exact) mass is 291 g/mol. The van der Waals surface area contributed by atoms with Gasteiger partial charge in [-0.2, -0.15) is 5.10 Å². The van der Waals surface area contributed by atoms with Gasteiger partial charge in [-0.3, -0.25) is 4.68 Å². The number of hydrogen-bond donors (Lipinski definition) is 1. The molecule has 0 amide bonds. The fourth-order valence-electron chi connectivity index (χ4n) is 3.48. The van der Waals surface area contributed by atoms with E-state index < -0.39 is 0 Å². The first-order valence-corrected chi connectivity index (χ1v) is 8.73. The summed E-state index contributed by atoms with van der Waals surface area (Å²) in [7, 11) is 0. The van der Waals surface area contributed by atoms with Gasteiger partial charge in [0.2, 0.25) is 0 Å². The fraction of sp³-hybridized carbons (Fsp3) is 0.833. The van der Waals surface area contributed by atoms with Gasteiger partial charge in [-0.15, -0.1) is 0 Å². The van der Waals surface area contributed by atoms with Crippen molar-refractivity contribution in [1.29, 1.82) is 0 Å². The van der Waals surface area contributed by atoms with E-state index in [4.69, 9.17) is 5.10 Å². The minimum Gasteiger partial charge on any atom is -0.312 e. The molecule has 0 aliphatic heterocycles. The summed E-state index contributed by atoms with van der Waals surface area (Å²) in [5, 5.41) is 8.40. The van der Waals surface area contributed by atoms with Crippen LogP contribution in [0, 0.1) is 11.8 Å². The van der Waals surface area contributed by atoms with E-state index in [-0.39, 0.29) is 5.54 Å². The van der Waals surface area contributed by atoms with Crippen LogP contribution in [0.2, 0.25) is 0 Å². The molecule has 0 radical (unpaired) electrons. The van der Waals surface area contributed by atoms with Crippen LogP contribution in [0.25, 0.3) is 0 Å². The molecule has 1 aliphatic rings. The highest BCUT2D eigenvalue weighted by Crippen LogP contribution is 2.34. The van der Waals surface area contributed by atoms with Crippen LogP contribution in [-0.2, 0) is 19.4 Å². The van der Waals surface area contributed by atoms with Crippen molar-refractivity contribution in [3.63, 3.8) is 0 Å². The SMILES string of the molecule is CCc1cc(CC2CCCC2CNC(C)(C)C)n(CC)n1. The predicted octanol–water partition coefficient (Wildman–Crippen LogP) is 3.81. The van der Waals surface area contributed by atoms with Crippen molar-refractivity contribution < 1.29 is 0 Å². The minimum absolute atomic E-state index is 0.230. The van der Waals surface area contributed by atoms with Crippen LogP contribution in [0.4, 0.5) is 0 Å². The second-order valence-electron chi connectivity index (χ2n) is 7.58. The Kier molecular flexibility index (Phi) is 5.48. The topological polar surface area (TPSA) is 29.9 Å². The first-order chi connectivity index (χ1) is 9.93. The summed E-state index contributed by atoms with van der Waals surface area (Å²) < 4.78 is 2.21. The summed E-state index contributed by atoms with van der Waals surface area (Å²) in [6.45, 7) is 13.3. The maximum atomic E-state index is 4.70. The van der Waals surface area contributed by atoms with Crippen LogP contribution in [0.15, 0.2) is 6.07 Å². The average molecular weight is 291 g/mol. The molecule has 2 rings (SSSR count). The molecule has 1 aliphatic carbocycles. The molecule has 0 saturated heterocycles. The van der Waals surface area contributed by atoms with Crippen molar-refractivity contribution in [2.24, 2.45) is 11.8 Å². The standard InChI is InChI=1S/C18H33N3/c1-6-16-12-17(21(7-2)20-16)11-14-9-8-10-15(14)13-19-18(3,4)5/h12,14-15,19H,6-11,13H2,1-5H3. The fourth-order valence-corrected chi connectivity index (χ4v) is 3.48. The van der Waals surface area contributed by atoms with E-state index in [0.717, 1.165) is 31.3 Å². The average Bonchev–Trinajstić information content (AvgIpc) is 3.02.